The zero-order valence-electron chi connectivity index (χ0n) is 13.6. The fourth-order valence-electron chi connectivity index (χ4n) is 3.72. The standard InChI is InChI=1S/C10H14O3.2C5H6/c1-3-7-9(12-7)5(1)11-6-2-4-8-10(6)13-8;2*1-2-4-5-3-1/h5-10H,1-4H2;2*1-4H,5H2. The molecule has 3 heteroatoms. The quantitative estimate of drug-likeness (QED) is 0.726. The zero-order chi connectivity index (χ0) is 15.5. The molecule has 2 saturated heterocycles. The Labute approximate surface area is 138 Å². The normalized spacial score (nSPS) is 42.6. The zero-order valence-corrected chi connectivity index (χ0v) is 13.6. The maximum absolute atomic E-state index is 6.03. The summed E-state index contributed by atoms with van der Waals surface area (Å²) >= 11 is 0. The van der Waals surface area contributed by atoms with E-state index in [-0.39, 0.29) is 0 Å². The summed E-state index contributed by atoms with van der Waals surface area (Å²) < 4.78 is 16.9. The molecule has 0 amide bonds. The monoisotopic (exact) mass is 314 g/mol. The summed E-state index contributed by atoms with van der Waals surface area (Å²) in [5.41, 5.74) is 0. The number of allylic oxidation sites excluding steroid dienone is 8. The Hall–Kier alpha value is -1.16. The van der Waals surface area contributed by atoms with Crippen LogP contribution in [-0.2, 0) is 14.2 Å². The molecular formula is C20H26O3. The molecule has 4 aliphatic carbocycles. The van der Waals surface area contributed by atoms with Crippen molar-refractivity contribution < 1.29 is 14.2 Å². The van der Waals surface area contributed by atoms with Crippen LogP contribution in [0.15, 0.2) is 48.6 Å². The average molecular weight is 314 g/mol. The Morgan fingerprint density at radius 3 is 1.26 bits per heavy atom. The molecule has 3 nitrogen and oxygen atoms in total. The first-order valence-corrected chi connectivity index (χ1v) is 9.01. The lowest BCUT2D eigenvalue weighted by Crippen LogP contribution is -2.26. The molecule has 0 aromatic rings. The van der Waals surface area contributed by atoms with E-state index in [4.69, 9.17) is 14.2 Å². The molecule has 0 aromatic heterocycles. The number of epoxide rings is 2. The van der Waals surface area contributed by atoms with E-state index in [1.54, 1.807) is 0 Å². The maximum Gasteiger partial charge on any atom is 0.110 e. The Morgan fingerprint density at radius 1 is 0.609 bits per heavy atom. The number of ether oxygens (including phenoxy) is 3. The number of fused-ring (bicyclic) bond motifs is 2. The largest absolute Gasteiger partial charge is 0.369 e. The van der Waals surface area contributed by atoms with E-state index in [9.17, 15) is 0 Å². The third kappa shape index (κ3) is 4.03. The molecule has 6 aliphatic rings. The van der Waals surface area contributed by atoms with E-state index in [1.165, 1.54) is 25.7 Å². The van der Waals surface area contributed by atoms with E-state index >= 15 is 0 Å². The summed E-state index contributed by atoms with van der Waals surface area (Å²) in [6.45, 7) is 0. The van der Waals surface area contributed by atoms with Gasteiger partial charge in [-0.1, -0.05) is 48.6 Å². The lowest BCUT2D eigenvalue weighted by molar-refractivity contribution is -0.0432. The Kier molecular flexibility index (Phi) is 4.79. The van der Waals surface area contributed by atoms with Gasteiger partial charge < -0.3 is 14.2 Å². The first-order valence-electron chi connectivity index (χ1n) is 9.01. The van der Waals surface area contributed by atoms with Crippen LogP contribution in [0.2, 0.25) is 0 Å². The van der Waals surface area contributed by atoms with Crippen LogP contribution < -0.4 is 0 Å². The molecule has 6 unspecified atom stereocenters. The maximum atomic E-state index is 6.03. The molecule has 2 aliphatic heterocycles. The van der Waals surface area contributed by atoms with Gasteiger partial charge in [0, 0.05) is 0 Å². The minimum atomic E-state index is 0.387. The summed E-state index contributed by atoms with van der Waals surface area (Å²) in [7, 11) is 0. The average Bonchev–Trinajstić information content (AvgIpc) is 3.20. The van der Waals surface area contributed by atoms with Crippen LogP contribution in [-0.4, -0.2) is 36.6 Å². The molecule has 23 heavy (non-hydrogen) atoms. The molecule has 6 rings (SSSR count). The summed E-state index contributed by atoms with van der Waals surface area (Å²) in [4.78, 5) is 0. The summed E-state index contributed by atoms with van der Waals surface area (Å²) in [5, 5.41) is 0. The van der Waals surface area contributed by atoms with Crippen LogP contribution in [0.3, 0.4) is 0 Å². The van der Waals surface area contributed by atoms with Gasteiger partial charge in [0.2, 0.25) is 0 Å². The van der Waals surface area contributed by atoms with E-state index in [0.29, 0.717) is 36.6 Å². The van der Waals surface area contributed by atoms with E-state index < -0.39 is 0 Å². The number of hydrogen-bond acceptors (Lipinski definition) is 3. The van der Waals surface area contributed by atoms with Crippen molar-refractivity contribution in [3.63, 3.8) is 0 Å². The fraction of sp³-hybridized carbons (Fsp3) is 0.600. The fourth-order valence-corrected chi connectivity index (χ4v) is 3.72. The summed E-state index contributed by atoms with van der Waals surface area (Å²) in [5.74, 6) is 0. The van der Waals surface area contributed by atoms with Gasteiger partial charge >= 0.3 is 0 Å². The molecule has 0 spiro atoms. The van der Waals surface area contributed by atoms with Gasteiger partial charge in [-0.05, 0) is 38.5 Å². The van der Waals surface area contributed by atoms with Crippen molar-refractivity contribution in [2.45, 2.75) is 75.1 Å². The van der Waals surface area contributed by atoms with Crippen molar-refractivity contribution in [2.24, 2.45) is 0 Å². The molecule has 6 atom stereocenters. The molecule has 2 heterocycles. The minimum Gasteiger partial charge on any atom is -0.369 e. The van der Waals surface area contributed by atoms with Gasteiger partial charge in [-0.15, -0.1) is 0 Å². The van der Waals surface area contributed by atoms with Crippen LogP contribution in [0.25, 0.3) is 0 Å². The second-order valence-corrected chi connectivity index (χ2v) is 6.83. The molecule has 0 radical (unpaired) electrons. The lowest BCUT2D eigenvalue weighted by Gasteiger charge is -2.18. The van der Waals surface area contributed by atoms with Crippen molar-refractivity contribution in [2.75, 3.05) is 0 Å². The number of hydrogen-bond donors (Lipinski definition) is 0. The highest BCUT2D eigenvalue weighted by Gasteiger charge is 2.56. The summed E-state index contributed by atoms with van der Waals surface area (Å²) in [6, 6.07) is 0. The van der Waals surface area contributed by atoms with Crippen molar-refractivity contribution >= 4 is 0 Å². The Morgan fingerprint density at radius 2 is 1.04 bits per heavy atom. The third-order valence-electron chi connectivity index (χ3n) is 5.11. The highest BCUT2D eigenvalue weighted by molar-refractivity contribution is 5.12. The van der Waals surface area contributed by atoms with Crippen LogP contribution in [0, 0.1) is 0 Å². The third-order valence-corrected chi connectivity index (χ3v) is 5.11. The van der Waals surface area contributed by atoms with Crippen molar-refractivity contribution in [3.05, 3.63) is 48.6 Å². The second kappa shape index (κ2) is 7.16. The molecule has 2 saturated carbocycles. The molecule has 4 fully saturated rings. The van der Waals surface area contributed by atoms with E-state index in [0.717, 1.165) is 12.8 Å². The van der Waals surface area contributed by atoms with Crippen LogP contribution in [0.4, 0.5) is 0 Å². The minimum absolute atomic E-state index is 0.387. The van der Waals surface area contributed by atoms with Crippen LogP contribution >= 0.6 is 0 Å². The smallest absolute Gasteiger partial charge is 0.110 e. The predicted octanol–water partition coefficient (Wildman–Crippen LogP) is 3.87. The van der Waals surface area contributed by atoms with Crippen LogP contribution in [0.1, 0.15) is 38.5 Å². The predicted molar refractivity (Wildman–Crippen MR) is 90.2 cm³/mol. The molecule has 0 aromatic carbocycles. The first-order chi connectivity index (χ1) is 11.4. The van der Waals surface area contributed by atoms with E-state index in [1.807, 2.05) is 0 Å². The van der Waals surface area contributed by atoms with Gasteiger partial charge in [0.1, 0.15) is 12.2 Å². The highest BCUT2D eigenvalue weighted by atomic mass is 16.7. The van der Waals surface area contributed by atoms with Crippen molar-refractivity contribution in [3.8, 4) is 0 Å². The Bertz CT molecular complexity index is 453. The SMILES string of the molecule is C1=CCC=C1.C1=CCC=C1.C1CC2OC2C1OC1CCC2OC12. The van der Waals surface area contributed by atoms with E-state index in [2.05, 4.69) is 48.6 Å². The van der Waals surface area contributed by atoms with Crippen LogP contribution in [0.5, 0.6) is 0 Å². The van der Waals surface area contributed by atoms with Gasteiger partial charge in [0.15, 0.2) is 0 Å². The van der Waals surface area contributed by atoms with Gasteiger partial charge in [-0.25, -0.2) is 0 Å². The number of rotatable bonds is 2. The van der Waals surface area contributed by atoms with Gasteiger partial charge in [-0.3, -0.25) is 0 Å². The summed E-state index contributed by atoms with van der Waals surface area (Å²) in [6.07, 6.45) is 26.6. The molecular weight excluding hydrogens is 288 g/mol. The van der Waals surface area contributed by atoms with Gasteiger partial charge in [0.25, 0.3) is 0 Å². The lowest BCUT2D eigenvalue weighted by atomic mass is 10.2. The topological polar surface area (TPSA) is 34.3 Å². The molecule has 0 bridgehead atoms. The van der Waals surface area contributed by atoms with Gasteiger partial charge in [0.05, 0.1) is 24.4 Å². The molecule has 124 valence electrons. The Balaban J connectivity index is 0.000000112. The first kappa shape index (κ1) is 15.4. The molecule has 0 N–H and O–H groups in total. The highest BCUT2D eigenvalue weighted by Crippen LogP contribution is 2.45. The van der Waals surface area contributed by atoms with Crippen molar-refractivity contribution in [1.82, 2.24) is 0 Å². The van der Waals surface area contributed by atoms with Gasteiger partial charge in [-0.2, -0.15) is 0 Å². The van der Waals surface area contributed by atoms with Crippen molar-refractivity contribution in [1.29, 1.82) is 0 Å². The second-order valence-electron chi connectivity index (χ2n) is 6.83.